The predicted octanol–water partition coefficient (Wildman–Crippen LogP) is 1.55. The van der Waals surface area contributed by atoms with Crippen molar-refractivity contribution >= 4 is 11.8 Å². The van der Waals surface area contributed by atoms with Crippen LogP contribution in [0.15, 0.2) is 0 Å². The van der Waals surface area contributed by atoms with Gasteiger partial charge in [0.05, 0.1) is 5.92 Å². The molecule has 4 aliphatic carbocycles. The zero-order valence-electron chi connectivity index (χ0n) is 12.2. The molecular formula is C16H24N2O2. The van der Waals surface area contributed by atoms with Crippen LogP contribution in [0.1, 0.15) is 44.9 Å². The molecule has 0 radical (unpaired) electrons. The van der Waals surface area contributed by atoms with Gasteiger partial charge in [-0.2, -0.15) is 0 Å². The third kappa shape index (κ3) is 1.95. The van der Waals surface area contributed by atoms with Crippen molar-refractivity contribution in [2.45, 2.75) is 50.5 Å². The summed E-state index contributed by atoms with van der Waals surface area (Å²) < 4.78 is 0. The van der Waals surface area contributed by atoms with E-state index in [1.807, 2.05) is 0 Å². The summed E-state index contributed by atoms with van der Waals surface area (Å²) in [5, 5.41) is 3.39. The summed E-state index contributed by atoms with van der Waals surface area (Å²) in [6.07, 6.45) is 8.11. The number of hydrogen-bond acceptors (Lipinski definition) is 2. The van der Waals surface area contributed by atoms with Crippen LogP contribution in [0.4, 0.5) is 0 Å². The fourth-order valence-corrected chi connectivity index (χ4v) is 5.67. The molecule has 1 atom stereocenters. The van der Waals surface area contributed by atoms with Gasteiger partial charge in [-0.3, -0.25) is 9.59 Å². The average molecular weight is 276 g/mol. The van der Waals surface area contributed by atoms with Gasteiger partial charge >= 0.3 is 0 Å². The van der Waals surface area contributed by atoms with Crippen molar-refractivity contribution in [3.05, 3.63) is 0 Å². The fourth-order valence-electron chi connectivity index (χ4n) is 5.67. The van der Waals surface area contributed by atoms with Crippen molar-refractivity contribution in [1.82, 2.24) is 10.2 Å². The first kappa shape index (κ1) is 12.7. The Morgan fingerprint density at radius 3 is 2.15 bits per heavy atom. The highest BCUT2D eigenvalue weighted by atomic mass is 16.2. The highest BCUT2D eigenvalue weighted by molar-refractivity contribution is 5.89. The van der Waals surface area contributed by atoms with Gasteiger partial charge in [-0.15, -0.1) is 0 Å². The number of carbonyl (C=O) groups is 2. The van der Waals surface area contributed by atoms with E-state index >= 15 is 0 Å². The molecule has 4 nitrogen and oxygen atoms in total. The van der Waals surface area contributed by atoms with E-state index in [9.17, 15) is 9.59 Å². The van der Waals surface area contributed by atoms with Crippen molar-refractivity contribution in [2.75, 3.05) is 13.6 Å². The van der Waals surface area contributed by atoms with Crippen molar-refractivity contribution in [2.24, 2.45) is 23.7 Å². The van der Waals surface area contributed by atoms with Crippen LogP contribution in [0.25, 0.3) is 0 Å². The lowest BCUT2D eigenvalue weighted by molar-refractivity contribution is -0.131. The maximum atomic E-state index is 12.5. The average Bonchev–Trinajstić information content (AvgIpc) is 2.67. The quantitative estimate of drug-likeness (QED) is 0.832. The monoisotopic (exact) mass is 276 g/mol. The van der Waals surface area contributed by atoms with Crippen LogP contribution in [0, 0.1) is 23.7 Å². The first-order valence-electron chi connectivity index (χ1n) is 8.09. The molecule has 5 rings (SSSR count). The summed E-state index contributed by atoms with van der Waals surface area (Å²) in [7, 11) is 1.79. The molecule has 110 valence electrons. The number of hydrogen-bond donors (Lipinski definition) is 1. The Kier molecular flexibility index (Phi) is 2.67. The maximum absolute atomic E-state index is 12.5. The van der Waals surface area contributed by atoms with E-state index in [4.69, 9.17) is 0 Å². The van der Waals surface area contributed by atoms with Gasteiger partial charge in [0.15, 0.2) is 0 Å². The van der Waals surface area contributed by atoms with Crippen LogP contribution >= 0.6 is 0 Å². The van der Waals surface area contributed by atoms with Gasteiger partial charge in [0, 0.05) is 25.6 Å². The Labute approximate surface area is 120 Å². The third-order valence-electron chi connectivity index (χ3n) is 6.14. The zero-order chi connectivity index (χ0) is 13.9. The molecule has 1 saturated heterocycles. The molecule has 0 aromatic carbocycles. The summed E-state index contributed by atoms with van der Waals surface area (Å²) in [5.74, 6) is 2.64. The lowest BCUT2D eigenvalue weighted by Crippen LogP contribution is -2.60. The van der Waals surface area contributed by atoms with E-state index in [1.54, 1.807) is 11.9 Å². The Morgan fingerprint density at radius 1 is 1.15 bits per heavy atom. The largest absolute Gasteiger partial charge is 0.350 e. The summed E-state index contributed by atoms with van der Waals surface area (Å²) >= 11 is 0. The molecule has 20 heavy (non-hydrogen) atoms. The number of nitrogens with zero attached hydrogens (tertiary/aromatic N) is 1. The van der Waals surface area contributed by atoms with Crippen molar-refractivity contribution in [3.63, 3.8) is 0 Å². The summed E-state index contributed by atoms with van der Waals surface area (Å²) in [6.45, 7) is 0.594. The molecule has 0 aromatic rings. The van der Waals surface area contributed by atoms with Gasteiger partial charge in [0.1, 0.15) is 0 Å². The third-order valence-corrected chi connectivity index (χ3v) is 6.14. The standard InChI is InChI=1S/C16H24N2O2/c1-18-9-13(5-14(18)19)15(20)17-16-6-10-2-11(7-16)4-12(3-10)8-16/h10-13H,2-9H2,1H3,(H,17,20)/t10?,11?,12?,13-,16?/m1/s1. The molecule has 1 heterocycles. The minimum Gasteiger partial charge on any atom is -0.350 e. The SMILES string of the molecule is CN1C[C@H](C(=O)NC23CC4CC(CC(C4)C2)C3)CC1=O. The van der Waals surface area contributed by atoms with E-state index < -0.39 is 0 Å². The van der Waals surface area contributed by atoms with Crippen molar-refractivity contribution in [3.8, 4) is 0 Å². The van der Waals surface area contributed by atoms with Crippen LogP contribution in [0.5, 0.6) is 0 Å². The maximum Gasteiger partial charge on any atom is 0.225 e. The van der Waals surface area contributed by atoms with Gasteiger partial charge in [-0.1, -0.05) is 0 Å². The summed E-state index contributed by atoms with van der Waals surface area (Å²) in [4.78, 5) is 25.8. The fraction of sp³-hybridized carbons (Fsp3) is 0.875. The first-order chi connectivity index (χ1) is 9.53. The summed E-state index contributed by atoms with van der Waals surface area (Å²) in [5.41, 5.74) is 0.0794. The summed E-state index contributed by atoms with van der Waals surface area (Å²) in [6, 6.07) is 0. The smallest absolute Gasteiger partial charge is 0.225 e. The van der Waals surface area contributed by atoms with E-state index in [0.717, 1.165) is 17.8 Å². The second-order valence-electron chi connectivity index (χ2n) is 7.86. The molecule has 0 spiro atoms. The number of amides is 2. The van der Waals surface area contributed by atoms with Gasteiger partial charge in [0.25, 0.3) is 0 Å². The Hall–Kier alpha value is -1.06. The van der Waals surface area contributed by atoms with E-state index in [1.165, 1.54) is 38.5 Å². The topological polar surface area (TPSA) is 49.4 Å². The molecule has 1 aliphatic heterocycles. The molecule has 1 N–H and O–H groups in total. The molecule has 4 bridgehead atoms. The number of likely N-dealkylation sites (tertiary alicyclic amines) is 1. The minimum absolute atomic E-state index is 0.0794. The molecule has 5 fully saturated rings. The van der Waals surface area contributed by atoms with Crippen molar-refractivity contribution < 1.29 is 9.59 Å². The Balaban J connectivity index is 1.46. The van der Waals surface area contributed by atoms with Crippen LogP contribution in [0.2, 0.25) is 0 Å². The molecule has 0 unspecified atom stereocenters. The van der Waals surface area contributed by atoms with Gasteiger partial charge < -0.3 is 10.2 Å². The lowest BCUT2D eigenvalue weighted by atomic mass is 9.53. The molecule has 2 amide bonds. The second-order valence-corrected chi connectivity index (χ2v) is 7.86. The van der Waals surface area contributed by atoms with Crippen LogP contribution < -0.4 is 5.32 Å². The van der Waals surface area contributed by atoms with E-state index in [-0.39, 0.29) is 23.3 Å². The van der Waals surface area contributed by atoms with E-state index in [2.05, 4.69) is 5.32 Å². The van der Waals surface area contributed by atoms with Crippen LogP contribution in [0.3, 0.4) is 0 Å². The first-order valence-corrected chi connectivity index (χ1v) is 8.09. The number of rotatable bonds is 2. The molecule has 4 heteroatoms. The van der Waals surface area contributed by atoms with Gasteiger partial charge in [-0.25, -0.2) is 0 Å². The molecule has 5 aliphatic rings. The number of nitrogens with one attached hydrogen (secondary N) is 1. The van der Waals surface area contributed by atoms with Crippen LogP contribution in [-0.4, -0.2) is 35.8 Å². The van der Waals surface area contributed by atoms with Gasteiger partial charge in [0.2, 0.25) is 11.8 Å². The zero-order valence-corrected chi connectivity index (χ0v) is 12.2. The lowest BCUT2D eigenvalue weighted by Gasteiger charge is -2.57. The molecule has 0 aromatic heterocycles. The highest BCUT2D eigenvalue weighted by Gasteiger charge is 2.52. The van der Waals surface area contributed by atoms with Crippen molar-refractivity contribution in [1.29, 1.82) is 0 Å². The van der Waals surface area contributed by atoms with E-state index in [0.29, 0.717) is 13.0 Å². The number of carbonyl (C=O) groups excluding carboxylic acids is 2. The molecule has 4 saturated carbocycles. The Morgan fingerprint density at radius 2 is 1.70 bits per heavy atom. The normalized spacial score (nSPS) is 46.0. The highest BCUT2D eigenvalue weighted by Crippen LogP contribution is 2.55. The van der Waals surface area contributed by atoms with Crippen LogP contribution in [-0.2, 0) is 9.59 Å². The minimum atomic E-state index is -0.125. The van der Waals surface area contributed by atoms with Gasteiger partial charge in [-0.05, 0) is 56.3 Å². The second kappa shape index (κ2) is 4.22. The molecular weight excluding hydrogens is 252 g/mol. The predicted molar refractivity (Wildman–Crippen MR) is 74.8 cm³/mol. The Bertz CT molecular complexity index is 424.